The van der Waals surface area contributed by atoms with E-state index in [-0.39, 0.29) is 0 Å². The molecule has 0 aliphatic rings. The number of nitrogens with one attached hydrogen (secondary N) is 4. The Kier molecular flexibility index (Phi) is 5.60. The van der Waals surface area contributed by atoms with Crippen molar-refractivity contribution in [2.24, 2.45) is 0 Å². The van der Waals surface area contributed by atoms with Gasteiger partial charge in [-0.15, -0.1) is 0 Å². The highest BCUT2D eigenvalue weighted by atomic mass is 16.5. The summed E-state index contributed by atoms with van der Waals surface area (Å²) in [4.78, 5) is 15.9. The third-order valence-corrected chi connectivity index (χ3v) is 5.61. The Hall–Kier alpha value is -4.00. The molecule has 3 heterocycles. The minimum absolute atomic E-state index is 0.615. The highest BCUT2D eigenvalue weighted by molar-refractivity contribution is 5.85. The Balaban J connectivity index is 1.27. The van der Waals surface area contributed by atoms with Gasteiger partial charge in [0, 0.05) is 52.3 Å². The van der Waals surface area contributed by atoms with Gasteiger partial charge >= 0.3 is 0 Å². The zero-order valence-electron chi connectivity index (χ0n) is 19.1. The Morgan fingerprint density at radius 1 is 0.970 bits per heavy atom. The lowest BCUT2D eigenvalue weighted by Crippen LogP contribution is -2.09. The fourth-order valence-corrected chi connectivity index (χ4v) is 4.14. The van der Waals surface area contributed by atoms with Gasteiger partial charge in [0.1, 0.15) is 11.6 Å². The van der Waals surface area contributed by atoms with E-state index in [9.17, 15) is 0 Å². The zero-order chi connectivity index (χ0) is 22.8. The van der Waals surface area contributed by atoms with E-state index in [1.54, 1.807) is 0 Å². The summed E-state index contributed by atoms with van der Waals surface area (Å²) in [6.45, 7) is 7.42. The average molecular weight is 441 g/mol. The molecule has 0 atom stereocenters. The van der Waals surface area contributed by atoms with Crippen LogP contribution in [0, 0.1) is 13.8 Å². The van der Waals surface area contributed by atoms with E-state index in [2.05, 4.69) is 80.1 Å². The zero-order valence-corrected chi connectivity index (χ0v) is 19.1. The highest BCUT2D eigenvalue weighted by Crippen LogP contribution is 2.25. The first-order valence-electron chi connectivity index (χ1n) is 11.3. The van der Waals surface area contributed by atoms with Gasteiger partial charge in [0.05, 0.1) is 6.61 Å². The fraction of sp³-hybridized carbons (Fsp3) is 0.231. The molecule has 4 N–H and O–H groups in total. The van der Waals surface area contributed by atoms with Crippen molar-refractivity contribution in [1.29, 1.82) is 0 Å². The molecule has 7 nitrogen and oxygen atoms in total. The molecule has 0 aliphatic carbocycles. The molecular weight excluding hydrogens is 412 g/mol. The van der Waals surface area contributed by atoms with Crippen molar-refractivity contribution in [3.8, 4) is 5.75 Å². The topological polar surface area (TPSA) is 90.6 Å². The summed E-state index contributed by atoms with van der Waals surface area (Å²) in [5.41, 5.74) is 6.49. The van der Waals surface area contributed by atoms with Gasteiger partial charge in [-0.3, -0.25) is 0 Å². The van der Waals surface area contributed by atoms with Crippen molar-refractivity contribution in [2.75, 3.05) is 23.8 Å². The van der Waals surface area contributed by atoms with Gasteiger partial charge in [0.2, 0.25) is 5.95 Å². The number of benzene rings is 2. The molecule has 5 rings (SSSR count). The SMILES string of the molecule is CCOc1ccc2[nH]cc(CCNc3nc(C)cc(Nc4ccc5cc(C)[nH]c5c4)n3)c2c1. The van der Waals surface area contributed by atoms with Gasteiger partial charge in [0.25, 0.3) is 0 Å². The molecule has 0 radical (unpaired) electrons. The fourth-order valence-electron chi connectivity index (χ4n) is 4.14. The van der Waals surface area contributed by atoms with Crippen molar-refractivity contribution in [3.63, 3.8) is 0 Å². The number of H-pyrrole nitrogens is 2. The Morgan fingerprint density at radius 3 is 2.76 bits per heavy atom. The molecular formula is C26H28N6O. The van der Waals surface area contributed by atoms with E-state index in [0.29, 0.717) is 12.6 Å². The molecule has 5 aromatic rings. The second kappa shape index (κ2) is 8.86. The lowest BCUT2D eigenvalue weighted by Gasteiger charge is -2.10. The van der Waals surface area contributed by atoms with Crippen molar-refractivity contribution < 1.29 is 4.74 Å². The predicted molar refractivity (Wildman–Crippen MR) is 135 cm³/mol. The summed E-state index contributed by atoms with van der Waals surface area (Å²) in [6.07, 6.45) is 2.91. The first-order chi connectivity index (χ1) is 16.1. The van der Waals surface area contributed by atoms with Gasteiger partial charge in [-0.1, -0.05) is 6.07 Å². The lowest BCUT2D eigenvalue weighted by atomic mass is 10.1. The number of hydrogen-bond acceptors (Lipinski definition) is 5. The molecule has 0 spiro atoms. The van der Waals surface area contributed by atoms with Crippen molar-refractivity contribution in [3.05, 3.63) is 71.7 Å². The maximum atomic E-state index is 5.65. The third kappa shape index (κ3) is 4.62. The van der Waals surface area contributed by atoms with Crippen molar-refractivity contribution >= 4 is 39.3 Å². The molecule has 0 saturated heterocycles. The second-order valence-electron chi connectivity index (χ2n) is 8.23. The number of fused-ring (bicyclic) bond motifs is 2. The van der Waals surface area contributed by atoms with E-state index in [0.717, 1.165) is 52.6 Å². The minimum atomic E-state index is 0.615. The molecule has 168 valence electrons. The van der Waals surface area contributed by atoms with Gasteiger partial charge < -0.3 is 25.3 Å². The van der Waals surface area contributed by atoms with E-state index < -0.39 is 0 Å². The maximum Gasteiger partial charge on any atom is 0.224 e. The summed E-state index contributed by atoms with van der Waals surface area (Å²) in [6, 6.07) is 16.5. The first kappa shape index (κ1) is 20.9. The summed E-state index contributed by atoms with van der Waals surface area (Å²) in [7, 11) is 0. The van der Waals surface area contributed by atoms with Gasteiger partial charge in [0.15, 0.2) is 0 Å². The second-order valence-corrected chi connectivity index (χ2v) is 8.23. The van der Waals surface area contributed by atoms with Crippen LogP contribution in [0.2, 0.25) is 0 Å². The van der Waals surface area contributed by atoms with Crippen LogP contribution in [0.15, 0.2) is 54.7 Å². The van der Waals surface area contributed by atoms with Crippen LogP contribution in [-0.4, -0.2) is 33.1 Å². The van der Waals surface area contributed by atoms with Crippen LogP contribution in [0.3, 0.4) is 0 Å². The number of anilines is 3. The molecule has 33 heavy (non-hydrogen) atoms. The summed E-state index contributed by atoms with van der Waals surface area (Å²) in [5, 5.41) is 9.16. The molecule has 3 aromatic heterocycles. The summed E-state index contributed by atoms with van der Waals surface area (Å²) >= 11 is 0. The quantitative estimate of drug-likeness (QED) is 0.243. The smallest absolute Gasteiger partial charge is 0.224 e. The van der Waals surface area contributed by atoms with Gasteiger partial charge in [-0.05, 0) is 74.5 Å². The molecule has 7 heteroatoms. The Bertz CT molecular complexity index is 1420. The number of rotatable bonds is 8. The standard InChI is InChI=1S/C26H28N6O/c1-4-33-21-7-8-23-22(14-21)19(15-28-23)9-10-27-26-30-17(3)12-25(32-26)31-20-6-5-18-11-16(2)29-24(18)13-20/h5-8,11-15,28-29H,4,9-10H2,1-3H3,(H2,27,30,31,32). The van der Waals surface area contributed by atoms with E-state index >= 15 is 0 Å². The van der Waals surface area contributed by atoms with Crippen LogP contribution in [-0.2, 0) is 6.42 Å². The van der Waals surface area contributed by atoms with Gasteiger partial charge in [-0.2, -0.15) is 4.98 Å². The normalized spacial score (nSPS) is 11.2. The number of aromatic amines is 2. The molecule has 0 unspecified atom stereocenters. The largest absolute Gasteiger partial charge is 0.494 e. The molecule has 0 saturated carbocycles. The van der Waals surface area contributed by atoms with E-state index in [1.807, 2.05) is 26.0 Å². The highest BCUT2D eigenvalue weighted by Gasteiger charge is 2.08. The van der Waals surface area contributed by atoms with Crippen LogP contribution in [0.5, 0.6) is 5.75 Å². The molecule has 0 bridgehead atoms. The number of aryl methyl sites for hydroxylation is 2. The van der Waals surface area contributed by atoms with Crippen molar-refractivity contribution in [1.82, 2.24) is 19.9 Å². The van der Waals surface area contributed by atoms with Crippen molar-refractivity contribution in [2.45, 2.75) is 27.2 Å². The molecule has 0 amide bonds. The minimum Gasteiger partial charge on any atom is -0.494 e. The number of nitrogens with zero attached hydrogens (tertiary/aromatic N) is 2. The van der Waals surface area contributed by atoms with E-state index in [4.69, 9.17) is 4.74 Å². The molecule has 2 aromatic carbocycles. The molecule has 0 fully saturated rings. The summed E-state index contributed by atoms with van der Waals surface area (Å²) in [5.74, 6) is 2.27. The summed E-state index contributed by atoms with van der Waals surface area (Å²) < 4.78 is 5.65. The van der Waals surface area contributed by atoms with Crippen LogP contribution < -0.4 is 15.4 Å². The van der Waals surface area contributed by atoms with Crippen LogP contribution >= 0.6 is 0 Å². The number of aromatic nitrogens is 4. The van der Waals surface area contributed by atoms with Crippen LogP contribution in [0.25, 0.3) is 21.8 Å². The predicted octanol–water partition coefficient (Wildman–Crippen LogP) is 5.85. The van der Waals surface area contributed by atoms with Crippen LogP contribution in [0.1, 0.15) is 23.9 Å². The number of hydrogen-bond donors (Lipinski definition) is 4. The average Bonchev–Trinajstić information content (AvgIpc) is 3.35. The maximum absolute atomic E-state index is 5.65. The monoisotopic (exact) mass is 440 g/mol. The Morgan fingerprint density at radius 2 is 1.88 bits per heavy atom. The third-order valence-electron chi connectivity index (χ3n) is 5.61. The number of ether oxygens (including phenoxy) is 1. The first-order valence-corrected chi connectivity index (χ1v) is 11.3. The Labute approximate surface area is 192 Å². The van der Waals surface area contributed by atoms with Gasteiger partial charge in [-0.25, -0.2) is 4.98 Å². The van der Waals surface area contributed by atoms with Crippen LogP contribution in [0.4, 0.5) is 17.5 Å². The molecule has 0 aliphatic heterocycles. The van der Waals surface area contributed by atoms with E-state index in [1.165, 1.54) is 16.3 Å². The lowest BCUT2D eigenvalue weighted by molar-refractivity contribution is 0.340.